The van der Waals surface area contributed by atoms with Gasteiger partial charge in [0.25, 0.3) is 0 Å². The van der Waals surface area contributed by atoms with Crippen molar-refractivity contribution in [2.45, 2.75) is 39.4 Å². The maximum absolute atomic E-state index is 5.84. The molecule has 1 heterocycles. The molecule has 2 atom stereocenters. The predicted octanol–water partition coefficient (Wildman–Crippen LogP) is 3.54. The number of benzene rings is 1. The van der Waals surface area contributed by atoms with Crippen molar-refractivity contribution in [3.05, 3.63) is 34.9 Å². The van der Waals surface area contributed by atoms with Crippen molar-refractivity contribution in [3.63, 3.8) is 0 Å². The molecule has 0 amide bonds. The van der Waals surface area contributed by atoms with Crippen LogP contribution in [0.1, 0.15) is 49.2 Å². The molecule has 1 aliphatic heterocycles. The van der Waals surface area contributed by atoms with E-state index in [1.165, 1.54) is 16.7 Å². The molecular weight excluding hydrogens is 160 g/mol. The number of aryl methyl sites for hydroxylation is 1. The molecule has 0 saturated heterocycles. The summed E-state index contributed by atoms with van der Waals surface area (Å²) < 4.78 is 5.84. The van der Waals surface area contributed by atoms with Crippen molar-refractivity contribution in [2.24, 2.45) is 0 Å². The van der Waals surface area contributed by atoms with Crippen LogP contribution in [0.5, 0.6) is 0 Å². The molecular formula is C12H16O. The fraction of sp³-hybridized carbons (Fsp3) is 0.500. The van der Waals surface area contributed by atoms with E-state index in [2.05, 4.69) is 39.0 Å². The summed E-state index contributed by atoms with van der Waals surface area (Å²) in [6, 6.07) is 6.62. The summed E-state index contributed by atoms with van der Waals surface area (Å²) in [4.78, 5) is 0. The lowest BCUT2D eigenvalue weighted by Crippen LogP contribution is -1.93. The quantitative estimate of drug-likeness (QED) is 0.636. The topological polar surface area (TPSA) is 9.23 Å². The van der Waals surface area contributed by atoms with Crippen molar-refractivity contribution in [1.82, 2.24) is 0 Å². The van der Waals surface area contributed by atoms with Crippen LogP contribution in [-0.2, 0) is 4.74 Å². The second-order valence-electron chi connectivity index (χ2n) is 3.81. The molecule has 1 nitrogen and oxygen atoms in total. The van der Waals surface area contributed by atoms with E-state index in [0.29, 0.717) is 6.10 Å². The molecule has 2 rings (SSSR count). The van der Waals surface area contributed by atoms with Gasteiger partial charge in [0.2, 0.25) is 0 Å². The van der Waals surface area contributed by atoms with Crippen LogP contribution in [-0.4, -0.2) is 0 Å². The Hall–Kier alpha value is -0.820. The van der Waals surface area contributed by atoms with Crippen LogP contribution in [0.4, 0.5) is 0 Å². The second-order valence-corrected chi connectivity index (χ2v) is 3.81. The van der Waals surface area contributed by atoms with E-state index in [-0.39, 0.29) is 6.10 Å². The molecule has 0 saturated carbocycles. The molecule has 0 N–H and O–H groups in total. The van der Waals surface area contributed by atoms with Gasteiger partial charge in [-0.15, -0.1) is 0 Å². The fourth-order valence-corrected chi connectivity index (χ4v) is 2.05. The first-order valence-corrected chi connectivity index (χ1v) is 4.98. The summed E-state index contributed by atoms with van der Waals surface area (Å²) >= 11 is 0. The molecule has 0 fully saturated rings. The van der Waals surface area contributed by atoms with Crippen molar-refractivity contribution in [1.29, 1.82) is 0 Å². The first-order valence-electron chi connectivity index (χ1n) is 4.98. The number of hydrogen-bond donors (Lipinski definition) is 0. The largest absolute Gasteiger partial charge is 0.366 e. The Labute approximate surface area is 79.7 Å². The molecule has 2 unspecified atom stereocenters. The van der Waals surface area contributed by atoms with Crippen LogP contribution >= 0.6 is 0 Å². The van der Waals surface area contributed by atoms with Gasteiger partial charge >= 0.3 is 0 Å². The van der Waals surface area contributed by atoms with Gasteiger partial charge in [0.1, 0.15) is 0 Å². The average Bonchev–Trinajstić information content (AvgIpc) is 2.42. The van der Waals surface area contributed by atoms with Crippen molar-refractivity contribution >= 4 is 0 Å². The van der Waals surface area contributed by atoms with Crippen molar-refractivity contribution < 1.29 is 4.74 Å². The van der Waals surface area contributed by atoms with E-state index in [9.17, 15) is 0 Å². The first kappa shape index (κ1) is 8.76. The third-order valence-corrected chi connectivity index (χ3v) is 2.77. The average molecular weight is 176 g/mol. The number of rotatable bonds is 1. The van der Waals surface area contributed by atoms with E-state index in [0.717, 1.165) is 6.42 Å². The van der Waals surface area contributed by atoms with Crippen molar-refractivity contribution in [2.75, 3.05) is 0 Å². The highest BCUT2D eigenvalue weighted by Crippen LogP contribution is 2.40. The zero-order chi connectivity index (χ0) is 9.42. The molecule has 1 aromatic rings. The monoisotopic (exact) mass is 176 g/mol. The molecule has 0 aliphatic carbocycles. The molecule has 1 aliphatic rings. The van der Waals surface area contributed by atoms with E-state index < -0.39 is 0 Å². The van der Waals surface area contributed by atoms with Gasteiger partial charge in [0.15, 0.2) is 0 Å². The van der Waals surface area contributed by atoms with Gasteiger partial charge in [-0.3, -0.25) is 0 Å². The minimum absolute atomic E-state index is 0.278. The third kappa shape index (κ3) is 1.37. The smallest absolute Gasteiger partial charge is 0.0834 e. The van der Waals surface area contributed by atoms with Crippen LogP contribution in [0.25, 0.3) is 0 Å². The Kier molecular flexibility index (Phi) is 2.12. The van der Waals surface area contributed by atoms with Crippen LogP contribution in [0, 0.1) is 6.92 Å². The van der Waals surface area contributed by atoms with E-state index >= 15 is 0 Å². The summed E-state index contributed by atoms with van der Waals surface area (Å²) in [5, 5.41) is 0. The summed E-state index contributed by atoms with van der Waals surface area (Å²) in [7, 11) is 0. The molecule has 1 heteroatoms. The highest BCUT2D eigenvalue weighted by Gasteiger charge is 2.27. The van der Waals surface area contributed by atoms with E-state index in [4.69, 9.17) is 4.74 Å². The lowest BCUT2D eigenvalue weighted by Gasteiger charge is -2.08. The summed E-state index contributed by atoms with van der Waals surface area (Å²) in [5.41, 5.74) is 4.10. The van der Waals surface area contributed by atoms with Gasteiger partial charge in [-0.25, -0.2) is 0 Å². The van der Waals surface area contributed by atoms with Gasteiger partial charge in [0.05, 0.1) is 12.2 Å². The molecule has 70 valence electrons. The Balaban J connectivity index is 2.46. The van der Waals surface area contributed by atoms with Gasteiger partial charge in [-0.1, -0.05) is 30.7 Å². The summed E-state index contributed by atoms with van der Waals surface area (Å²) in [6.45, 7) is 6.44. The standard InChI is InChI=1S/C12H16O/c1-4-12-11-7-8(2)5-6-10(11)9(3)13-12/h5-7,9,12H,4H2,1-3H3. The molecule has 0 spiro atoms. The molecule has 0 aromatic heterocycles. The molecule has 0 bridgehead atoms. The minimum atomic E-state index is 0.278. The first-order chi connectivity index (χ1) is 6.22. The Morgan fingerprint density at radius 2 is 2.08 bits per heavy atom. The van der Waals surface area contributed by atoms with E-state index in [1.54, 1.807) is 0 Å². The lowest BCUT2D eigenvalue weighted by atomic mass is 9.99. The predicted molar refractivity (Wildman–Crippen MR) is 53.7 cm³/mol. The number of ether oxygens (including phenoxy) is 1. The summed E-state index contributed by atoms with van der Waals surface area (Å²) in [5.74, 6) is 0. The SMILES string of the molecule is CCC1OC(C)c2ccc(C)cc21. The zero-order valence-electron chi connectivity index (χ0n) is 8.50. The van der Waals surface area contributed by atoms with Crippen LogP contribution in [0.15, 0.2) is 18.2 Å². The highest BCUT2D eigenvalue weighted by atomic mass is 16.5. The molecule has 13 heavy (non-hydrogen) atoms. The minimum Gasteiger partial charge on any atom is -0.366 e. The Morgan fingerprint density at radius 3 is 2.77 bits per heavy atom. The van der Waals surface area contributed by atoms with Gasteiger partial charge in [0, 0.05) is 0 Å². The van der Waals surface area contributed by atoms with Crippen molar-refractivity contribution in [3.8, 4) is 0 Å². The van der Waals surface area contributed by atoms with Crippen LogP contribution in [0.2, 0.25) is 0 Å². The Morgan fingerprint density at radius 1 is 1.31 bits per heavy atom. The second kappa shape index (κ2) is 3.15. The third-order valence-electron chi connectivity index (χ3n) is 2.77. The van der Waals surface area contributed by atoms with Gasteiger partial charge < -0.3 is 4.74 Å². The summed E-state index contributed by atoms with van der Waals surface area (Å²) in [6.07, 6.45) is 1.67. The lowest BCUT2D eigenvalue weighted by molar-refractivity contribution is 0.0199. The molecule has 0 radical (unpaired) electrons. The normalized spacial score (nSPS) is 26.1. The van der Waals surface area contributed by atoms with Gasteiger partial charge in [-0.05, 0) is 31.4 Å². The molecule has 1 aromatic carbocycles. The maximum atomic E-state index is 5.84. The number of fused-ring (bicyclic) bond motifs is 1. The van der Waals surface area contributed by atoms with Crippen LogP contribution in [0.3, 0.4) is 0 Å². The number of hydrogen-bond acceptors (Lipinski definition) is 1. The van der Waals surface area contributed by atoms with Gasteiger partial charge in [-0.2, -0.15) is 0 Å². The Bertz CT molecular complexity index is 317. The zero-order valence-corrected chi connectivity index (χ0v) is 8.50. The maximum Gasteiger partial charge on any atom is 0.0834 e. The van der Waals surface area contributed by atoms with E-state index in [1.807, 2.05) is 0 Å². The highest BCUT2D eigenvalue weighted by molar-refractivity contribution is 5.37. The fourth-order valence-electron chi connectivity index (χ4n) is 2.05. The van der Waals surface area contributed by atoms with Crippen LogP contribution < -0.4 is 0 Å².